The van der Waals surface area contributed by atoms with Gasteiger partial charge in [0, 0.05) is 12.2 Å². The summed E-state index contributed by atoms with van der Waals surface area (Å²) in [7, 11) is 0. The number of rotatable bonds is 3. The first kappa shape index (κ1) is 13.0. The number of aromatic nitrogens is 4. The lowest BCUT2D eigenvalue weighted by molar-refractivity contribution is 0.170. The van der Waals surface area contributed by atoms with Gasteiger partial charge in [-0.3, -0.25) is 4.90 Å². The summed E-state index contributed by atoms with van der Waals surface area (Å²) < 4.78 is 5.42. The Balaban J connectivity index is 1.89. The Morgan fingerprint density at radius 2 is 2.30 bits per heavy atom. The molecule has 1 fully saturated rings. The smallest absolute Gasteiger partial charge is 0.244 e. The fourth-order valence-corrected chi connectivity index (χ4v) is 2.66. The number of nitrogens with two attached hydrogens (primary N) is 1. The maximum absolute atomic E-state index is 5.81. The van der Waals surface area contributed by atoms with Gasteiger partial charge in [0.1, 0.15) is 12.1 Å². The topological polar surface area (TPSA) is 94.0 Å². The molecule has 0 radical (unpaired) electrons. The quantitative estimate of drug-likeness (QED) is 0.909. The Bertz CT molecular complexity index is 596. The van der Waals surface area contributed by atoms with Gasteiger partial charge in [0.15, 0.2) is 0 Å². The van der Waals surface area contributed by atoms with Crippen molar-refractivity contribution >= 4 is 5.82 Å². The summed E-state index contributed by atoms with van der Waals surface area (Å²) in [5.41, 5.74) is 6.42. The van der Waals surface area contributed by atoms with Crippen molar-refractivity contribution < 1.29 is 4.52 Å². The number of nitrogens with zero attached hydrogens (tertiary/aromatic N) is 5. The summed E-state index contributed by atoms with van der Waals surface area (Å²) in [4.78, 5) is 14.7. The van der Waals surface area contributed by atoms with Crippen LogP contribution in [-0.2, 0) is 0 Å². The molecule has 0 spiro atoms. The van der Waals surface area contributed by atoms with Crippen LogP contribution >= 0.6 is 0 Å². The van der Waals surface area contributed by atoms with Crippen molar-refractivity contribution in [3.05, 3.63) is 18.4 Å². The number of hydrogen-bond donors (Lipinski definition) is 1. The highest BCUT2D eigenvalue weighted by Gasteiger charge is 2.32. The van der Waals surface area contributed by atoms with E-state index in [2.05, 4.69) is 38.9 Å². The van der Waals surface area contributed by atoms with E-state index in [0.717, 1.165) is 19.4 Å². The summed E-state index contributed by atoms with van der Waals surface area (Å²) in [5.74, 6) is 1.46. The lowest BCUT2D eigenvalue weighted by Gasteiger charge is -2.25. The number of anilines is 1. The van der Waals surface area contributed by atoms with Crippen LogP contribution in [0.15, 0.2) is 17.0 Å². The molecular formula is C13H18N6O. The van der Waals surface area contributed by atoms with E-state index in [1.165, 1.54) is 6.33 Å². The van der Waals surface area contributed by atoms with Crippen LogP contribution in [0.25, 0.3) is 11.4 Å². The third-order valence-corrected chi connectivity index (χ3v) is 3.67. The Hall–Kier alpha value is -2.02. The second-order valence-electron chi connectivity index (χ2n) is 5.27. The third kappa shape index (κ3) is 2.24. The van der Waals surface area contributed by atoms with E-state index < -0.39 is 0 Å². The fraction of sp³-hybridized carbons (Fsp3) is 0.538. The second kappa shape index (κ2) is 5.16. The molecule has 0 saturated carbocycles. The van der Waals surface area contributed by atoms with Crippen LogP contribution in [0.2, 0.25) is 0 Å². The molecule has 2 aromatic rings. The zero-order valence-corrected chi connectivity index (χ0v) is 11.7. The molecule has 3 rings (SSSR count). The molecule has 0 bridgehead atoms. The van der Waals surface area contributed by atoms with Gasteiger partial charge in [-0.25, -0.2) is 9.97 Å². The van der Waals surface area contributed by atoms with Crippen molar-refractivity contribution in [1.82, 2.24) is 25.0 Å². The Morgan fingerprint density at radius 1 is 1.45 bits per heavy atom. The first-order valence-corrected chi connectivity index (χ1v) is 6.82. The van der Waals surface area contributed by atoms with Gasteiger partial charge in [-0.05, 0) is 33.2 Å². The van der Waals surface area contributed by atoms with E-state index in [0.29, 0.717) is 29.1 Å². The van der Waals surface area contributed by atoms with Crippen LogP contribution in [0.1, 0.15) is 38.6 Å². The standard InChI is InChI=1S/C13H18N6O/c1-8(2)19-5-3-4-10(19)13-17-12(18-20-13)9-6-15-7-16-11(9)14/h6-8,10H,3-5H2,1-2H3,(H2,14,15,16). The van der Waals surface area contributed by atoms with E-state index in [1.54, 1.807) is 6.20 Å². The monoisotopic (exact) mass is 274 g/mol. The molecule has 0 aliphatic carbocycles. The lowest BCUT2D eigenvalue weighted by atomic mass is 10.2. The molecule has 106 valence electrons. The minimum absolute atomic E-state index is 0.196. The van der Waals surface area contributed by atoms with Gasteiger partial charge in [0.25, 0.3) is 0 Å². The first-order valence-electron chi connectivity index (χ1n) is 6.82. The molecule has 1 aliphatic heterocycles. The minimum Gasteiger partial charge on any atom is -0.383 e. The molecular weight excluding hydrogens is 256 g/mol. The largest absolute Gasteiger partial charge is 0.383 e. The molecule has 2 N–H and O–H groups in total. The van der Waals surface area contributed by atoms with E-state index in [4.69, 9.17) is 10.3 Å². The van der Waals surface area contributed by atoms with Gasteiger partial charge in [-0.1, -0.05) is 5.16 Å². The number of likely N-dealkylation sites (tertiary alicyclic amines) is 1. The van der Waals surface area contributed by atoms with Crippen molar-refractivity contribution in [2.24, 2.45) is 0 Å². The molecule has 1 saturated heterocycles. The molecule has 1 unspecified atom stereocenters. The summed E-state index contributed by atoms with van der Waals surface area (Å²) >= 11 is 0. The summed E-state index contributed by atoms with van der Waals surface area (Å²) in [6, 6.07) is 0.657. The van der Waals surface area contributed by atoms with E-state index in [-0.39, 0.29) is 6.04 Å². The number of nitrogen functional groups attached to an aromatic ring is 1. The third-order valence-electron chi connectivity index (χ3n) is 3.67. The van der Waals surface area contributed by atoms with Crippen molar-refractivity contribution in [3.8, 4) is 11.4 Å². The van der Waals surface area contributed by atoms with Crippen LogP contribution in [0.4, 0.5) is 5.82 Å². The maximum atomic E-state index is 5.81. The maximum Gasteiger partial charge on any atom is 0.244 e. The molecule has 20 heavy (non-hydrogen) atoms. The van der Waals surface area contributed by atoms with Crippen LogP contribution in [-0.4, -0.2) is 37.6 Å². The molecule has 0 aromatic carbocycles. The molecule has 2 aromatic heterocycles. The van der Waals surface area contributed by atoms with Crippen LogP contribution < -0.4 is 5.73 Å². The zero-order chi connectivity index (χ0) is 14.1. The lowest BCUT2D eigenvalue weighted by Crippen LogP contribution is -2.30. The Kier molecular flexibility index (Phi) is 3.35. The van der Waals surface area contributed by atoms with Gasteiger partial charge in [-0.2, -0.15) is 4.98 Å². The first-order chi connectivity index (χ1) is 9.66. The molecule has 1 atom stereocenters. The highest BCUT2D eigenvalue weighted by molar-refractivity contribution is 5.66. The average molecular weight is 274 g/mol. The fourth-order valence-electron chi connectivity index (χ4n) is 2.66. The summed E-state index contributed by atoms with van der Waals surface area (Å²) in [6.45, 7) is 5.42. The molecule has 1 aliphatic rings. The van der Waals surface area contributed by atoms with Crippen molar-refractivity contribution in [3.63, 3.8) is 0 Å². The number of hydrogen-bond acceptors (Lipinski definition) is 7. The zero-order valence-electron chi connectivity index (χ0n) is 11.7. The van der Waals surface area contributed by atoms with Crippen LogP contribution in [0.3, 0.4) is 0 Å². The van der Waals surface area contributed by atoms with E-state index >= 15 is 0 Å². The molecule has 7 nitrogen and oxygen atoms in total. The highest BCUT2D eigenvalue weighted by Crippen LogP contribution is 2.33. The van der Waals surface area contributed by atoms with Crippen molar-refractivity contribution in [1.29, 1.82) is 0 Å². The Labute approximate surface area is 117 Å². The second-order valence-corrected chi connectivity index (χ2v) is 5.27. The van der Waals surface area contributed by atoms with Gasteiger partial charge in [0.2, 0.25) is 11.7 Å². The van der Waals surface area contributed by atoms with Gasteiger partial charge >= 0.3 is 0 Å². The molecule has 7 heteroatoms. The summed E-state index contributed by atoms with van der Waals surface area (Å²) in [5, 5.41) is 4.01. The summed E-state index contributed by atoms with van der Waals surface area (Å²) in [6.07, 6.45) is 5.20. The van der Waals surface area contributed by atoms with Gasteiger partial charge in [-0.15, -0.1) is 0 Å². The SMILES string of the molecule is CC(C)N1CCCC1c1nc(-c2cncnc2N)no1. The van der Waals surface area contributed by atoms with E-state index in [9.17, 15) is 0 Å². The normalized spacial score (nSPS) is 19.9. The van der Waals surface area contributed by atoms with Crippen LogP contribution in [0.5, 0.6) is 0 Å². The minimum atomic E-state index is 0.196. The van der Waals surface area contributed by atoms with Crippen molar-refractivity contribution in [2.45, 2.75) is 38.8 Å². The predicted molar refractivity (Wildman–Crippen MR) is 73.6 cm³/mol. The highest BCUT2D eigenvalue weighted by atomic mass is 16.5. The van der Waals surface area contributed by atoms with E-state index in [1.807, 2.05) is 0 Å². The van der Waals surface area contributed by atoms with Crippen molar-refractivity contribution in [2.75, 3.05) is 12.3 Å². The van der Waals surface area contributed by atoms with Crippen LogP contribution in [0, 0.1) is 0 Å². The molecule has 3 heterocycles. The Morgan fingerprint density at radius 3 is 3.05 bits per heavy atom. The average Bonchev–Trinajstić information content (AvgIpc) is 3.07. The van der Waals surface area contributed by atoms with Gasteiger partial charge in [0.05, 0.1) is 11.6 Å². The van der Waals surface area contributed by atoms with Gasteiger partial charge < -0.3 is 10.3 Å². The molecule has 0 amide bonds. The predicted octanol–water partition coefficient (Wildman–Crippen LogP) is 1.65.